The SMILES string of the molecule is CCCCCCC(CCC)C(=O)NC(C)C. The van der Waals surface area contributed by atoms with Gasteiger partial charge in [-0.1, -0.05) is 46.0 Å². The Morgan fingerprint density at radius 1 is 1.00 bits per heavy atom. The maximum absolute atomic E-state index is 11.9. The van der Waals surface area contributed by atoms with Crippen LogP contribution in [0, 0.1) is 5.92 Å². The van der Waals surface area contributed by atoms with Crippen molar-refractivity contribution in [3.05, 3.63) is 0 Å². The Morgan fingerprint density at radius 3 is 2.19 bits per heavy atom. The molecule has 1 atom stereocenters. The Kier molecular flexibility index (Phi) is 9.36. The fraction of sp³-hybridized carbons (Fsp3) is 0.929. The molecular formula is C14H29NO. The molecule has 0 fully saturated rings. The Labute approximate surface area is 101 Å². The Hall–Kier alpha value is -0.530. The van der Waals surface area contributed by atoms with E-state index in [-0.39, 0.29) is 17.9 Å². The molecule has 0 saturated heterocycles. The minimum absolute atomic E-state index is 0.240. The highest BCUT2D eigenvalue weighted by Gasteiger charge is 2.17. The summed E-state index contributed by atoms with van der Waals surface area (Å²) in [5.74, 6) is 0.498. The highest BCUT2D eigenvalue weighted by molar-refractivity contribution is 5.78. The molecule has 0 radical (unpaired) electrons. The van der Waals surface area contributed by atoms with Gasteiger partial charge in [-0.05, 0) is 26.7 Å². The molecule has 0 aromatic rings. The summed E-state index contributed by atoms with van der Waals surface area (Å²) < 4.78 is 0. The normalized spacial score (nSPS) is 12.8. The molecule has 0 rings (SSSR count). The molecule has 1 amide bonds. The van der Waals surface area contributed by atoms with Crippen molar-refractivity contribution < 1.29 is 4.79 Å². The molecule has 0 aliphatic rings. The van der Waals surface area contributed by atoms with Gasteiger partial charge in [-0.15, -0.1) is 0 Å². The summed E-state index contributed by atoms with van der Waals surface area (Å²) in [6.07, 6.45) is 8.22. The van der Waals surface area contributed by atoms with E-state index in [1.165, 1.54) is 25.7 Å². The van der Waals surface area contributed by atoms with E-state index in [0.29, 0.717) is 0 Å². The molecule has 0 aliphatic carbocycles. The van der Waals surface area contributed by atoms with Crippen LogP contribution in [0.15, 0.2) is 0 Å². The van der Waals surface area contributed by atoms with Crippen molar-refractivity contribution in [2.45, 2.75) is 78.7 Å². The van der Waals surface area contributed by atoms with Crippen LogP contribution >= 0.6 is 0 Å². The van der Waals surface area contributed by atoms with Gasteiger partial charge >= 0.3 is 0 Å². The van der Waals surface area contributed by atoms with Crippen LogP contribution in [-0.4, -0.2) is 11.9 Å². The third-order valence-electron chi connectivity index (χ3n) is 2.85. The fourth-order valence-electron chi connectivity index (χ4n) is 1.97. The van der Waals surface area contributed by atoms with Crippen molar-refractivity contribution >= 4 is 5.91 Å². The van der Waals surface area contributed by atoms with Crippen LogP contribution in [0.2, 0.25) is 0 Å². The Morgan fingerprint density at radius 2 is 1.69 bits per heavy atom. The summed E-state index contributed by atoms with van der Waals surface area (Å²) in [4.78, 5) is 11.9. The maximum Gasteiger partial charge on any atom is 0.223 e. The number of nitrogens with one attached hydrogen (secondary N) is 1. The van der Waals surface area contributed by atoms with Gasteiger partial charge in [-0.25, -0.2) is 0 Å². The number of carbonyl (C=O) groups is 1. The molecule has 1 unspecified atom stereocenters. The zero-order valence-corrected chi connectivity index (χ0v) is 11.5. The average Bonchev–Trinajstić information content (AvgIpc) is 2.21. The van der Waals surface area contributed by atoms with Crippen LogP contribution in [0.4, 0.5) is 0 Å². The molecule has 2 nitrogen and oxygen atoms in total. The number of rotatable bonds is 9. The number of hydrogen-bond acceptors (Lipinski definition) is 1. The van der Waals surface area contributed by atoms with Gasteiger partial charge < -0.3 is 5.32 Å². The van der Waals surface area contributed by atoms with Gasteiger partial charge in [0, 0.05) is 12.0 Å². The van der Waals surface area contributed by atoms with Gasteiger partial charge in [0.25, 0.3) is 0 Å². The van der Waals surface area contributed by atoms with E-state index in [1.54, 1.807) is 0 Å². The van der Waals surface area contributed by atoms with Crippen molar-refractivity contribution in [2.75, 3.05) is 0 Å². The van der Waals surface area contributed by atoms with Gasteiger partial charge in [-0.2, -0.15) is 0 Å². The predicted molar refractivity (Wildman–Crippen MR) is 70.4 cm³/mol. The molecule has 0 aliphatic heterocycles. The first-order valence-corrected chi connectivity index (χ1v) is 6.92. The second-order valence-corrected chi connectivity index (χ2v) is 5.00. The van der Waals surface area contributed by atoms with E-state index >= 15 is 0 Å². The second-order valence-electron chi connectivity index (χ2n) is 5.00. The molecule has 0 saturated carbocycles. The first-order valence-electron chi connectivity index (χ1n) is 6.92. The summed E-state index contributed by atoms with van der Waals surface area (Å²) in [7, 11) is 0. The van der Waals surface area contributed by atoms with Crippen LogP contribution in [-0.2, 0) is 4.79 Å². The largest absolute Gasteiger partial charge is 0.354 e. The van der Waals surface area contributed by atoms with Crippen molar-refractivity contribution in [3.63, 3.8) is 0 Å². The molecule has 16 heavy (non-hydrogen) atoms. The summed E-state index contributed by atoms with van der Waals surface area (Å²) in [5, 5.41) is 3.03. The minimum Gasteiger partial charge on any atom is -0.354 e. The topological polar surface area (TPSA) is 29.1 Å². The van der Waals surface area contributed by atoms with Gasteiger partial charge in [0.05, 0.1) is 0 Å². The van der Waals surface area contributed by atoms with Crippen molar-refractivity contribution in [2.24, 2.45) is 5.92 Å². The molecule has 2 heteroatoms. The molecule has 0 bridgehead atoms. The fourth-order valence-corrected chi connectivity index (χ4v) is 1.97. The lowest BCUT2D eigenvalue weighted by atomic mass is 9.95. The Bertz CT molecular complexity index is 178. The summed E-state index contributed by atoms with van der Waals surface area (Å²) in [6, 6.07) is 0.266. The highest BCUT2D eigenvalue weighted by atomic mass is 16.1. The summed E-state index contributed by atoms with van der Waals surface area (Å²) in [6.45, 7) is 8.42. The van der Waals surface area contributed by atoms with Crippen molar-refractivity contribution in [1.29, 1.82) is 0 Å². The third kappa shape index (κ3) is 7.72. The minimum atomic E-state index is 0.240. The van der Waals surface area contributed by atoms with Gasteiger partial charge in [0.1, 0.15) is 0 Å². The second kappa shape index (κ2) is 9.68. The van der Waals surface area contributed by atoms with E-state index in [4.69, 9.17) is 0 Å². The average molecular weight is 227 g/mol. The van der Waals surface area contributed by atoms with Crippen LogP contribution in [0.3, 0.4) is 0 Å². The van der Waals surface area contributed by atoms with E-state index in [2.05, 4.69) is 19.2 Å². The van der Waals surface area contributed by atoms with Crippen LogP contribution < -0.4 is 5.32 Å². The zero-order chi connectivity index (χ0) is 12.4. The van der Waals surface area contributed by atoms with E-state index in [0.717, 1.165) is 19.3 Å². The molecule has 96 valence electrons. The van der Waals surface area contributed by atoms with E-state index < -0.39 is 0 Å². The third-order valence-corrected chi connectivity index (χ3v) is 2.85. The highest BCUT2D eigenvalue weighted by Crippen LogP contribution is 2.16. The molecule has 0 heterocycles. The monoisotopic (exact) mass is 227 g/mol. The first kappa shape index (κ1) is 15.5. The van der Waals surface area contributed by atoms with Gasteiger partial charge in [0.2, 0.25) is 5.91 Å². The lowest BCUT2D eigenvalue weighted by molar-refractivity contribution is -0.126. The molecule has 0 spiro atoms. The first-order chi connectivity index (χ1) is 7.61. The maximum atomic E-state index is 11.9. The predicted octanol–water partition coefficient (Wildman–Crippen LogP) is 3.90. The standard InChI is InChI=1S/C14H29NO/c1-5-7-8-9-11-13(10-6-2)14(16)15-12(3)4/h12-13H,5-11H2,1-4H3,(H,15,16). The van der Waals surface area contributed by atoms with Gasteiger partial charge in [0.15, 0.2) is 0 Å². The van der Waals surface area contributed by atoms with Crippen LogP contribution in [0.1, 0.15) is 72.6 Å². The summed E-state index contributed by atoms with van der Waals surface area (Å²) in [5.41, 5.74) is 0. The zero-order valence-electron chi connectivity index (χ0n) is 11.5. The summed E-state index contributed by atoms with van der Waals surface area (Å²) >= 11 is 0. The van der Waals surface area contributed by atoms with Crippen molar-refractivity contribution in [1.82, 2.24) is 5.32 Å². The lowest BCUT2D eigenvalue weighted by Gasteiger charge is -2.17. The number of carbonyl (C=O) groups excluding carboxylic acids is 1. The molecule has 0 aromatic carbocycles. The Balaban J connectivity index is 3.90. The molecular weight excluding hydrogens is 198 g/mol. The van der Waals surface area contributed by atoms with Crippen LogP contribution in [0.25, 0.3) is 0 Å². The van der Waals surface area contributed by atoms with E-state index in [1.807, 2.05) is 13.8 Å². The molecule has 0 aromatic heterocycles. The molecule has 1 N–H and O–H groups in total. The van der Waals surface area contributed by atoms with E-state index in [9.17, 15) is 4.79 Å². The number of unbranched alkanes of at least 4 members (excludes halogenated alkanes) is 3. The lowest BCUT2D eigenvalue weighted by Crippen LogP contribution is -2.35. The van der Waals surface area contributed by atoms with Gasteiger partial charge in [-0.3, -0.25) is 4.79 Å². The number of hydrogen-bond donors (Lipinski definition) is 1. The quantitative estimate of drug-likeness (QED) is 0.595. The van der Waals surface area contributed by atoms with Crippen molar-refractivity contribution in [3.8, 4) is 0 Å². The van der Waals surface area contributed by atoms with Crippen LogP contribution in [0.5, 0.6) is 0 Å². The smallest absolute Gasteiger partial charge is 0.223 e. The number of amides is 1.